The number of hydrogen-bond acceptors (Lipinski definition) is 2. The summed E-state index contributed by atoms with van der Waals surface area (Å²) in [6.45, 7) is 3.98. The monoisotopic (exact) mass is 239 g/mol. The molecule has 0 aromatic heterocycles. The van der Waals surface area contributed by atoms with Crippen molar-refractivity contribution >= 4 is 6.03 Å². The summed E-state index contributed by atoms with van der Waals surface area (Å²) in [5.41, 5.74) is 5.29. The van der Waals surface area contributed by atoms with Crippen LogP contribution < -0.4 is 11.1 Å². The fourth-order valence-electron chi connectivity index (χ4n) is 3.13. The number of piperidine rings is 1. The Morgan fingerprint density at radius 1 is 1.18 bits per heavy atom. The smallest absolute Gasteiger partial charge is 0.314 e. The molecular weight excluding hydrogens is 214 g/mol. The van der Waals surface area contributed by atoms with Gasteiger partial charge in [0.15, 0.2) is 0 Å². The standard InChI is InChI=1S/C13H25N3O/c1-10-4-2-3-5-12(10)15-11-6-8-16(9-7-11)13(14)17/h10-12,15H,2-9H2,1H3,(H2,14,17). The highest BCUT2D eigenvalue weighted by Crippen LogP contribution is 2.25. The maximum atomic E-state index is 11.0. The Kier molecular flexibility index (Phi) is 4.26. The van der Waals surface area contributed by atoms with Crippen molar-refractivity contribution in [2.45, 2.75) is 57.5 Å². The molecule has 98 valence electrons. The number of nitrogens with one attached hydrogen (secondary N) is 1. The average Bonchev–Trinajstić information content (AvgIpc) is 2.33. The lowest BCUT2D eigenvalue weighted by molar-refractivity contribution is 0.172. The van der Waals surface area contributed by atoms with Crippen molar-refractivity contribution in [3.63, 3.8) is 0 Å². The summed E-state index contributed by atoms with van der Waals surface area (Å²) in [5, 5.41) is 3.79. The maximum Gasteiger partial charge on any atom is 0.314 e. The van der Waals surface area contributed by atoms with E-state index in [-0.39, 0.29) is 6.03 Å². The number of carbonyl (C=O) groups is 1. The summed E-state index contributed by atoms with van der Waals surface area (Å²) in [5.74, 6) is 0.804. The first-order valence-electron chi connectivity index (χ1n) is 6.97. The molecule has 2 aliphatic rings. The molecular formula is C13H25N3O. The van der Waals surface area contributed by atoms with Crippen LogP contribution in [0.25, 0.3) is 0 Å². The van der Waals surface area contributed by atoms with Crippen LogP contribution in [-0.4, -0.2) is 36.1 Å². The Morgan fingerprint density at radius 2 is 1.82 bits per heavy atom. The van der Waals surface area contributed by atoms with Gasteiger partial charge in [-0.25, -0.2) is 4.79 Å². The lowest BCUT2D eigenvalue weighted by atomic mass is 9.85. The number of rotatable bonds is 2. The highest BCUT2D eigenvalue weighted by molar-refractivity contribution is 5.72. The molecule has 0 radical (unpaired) electrons. The van der Waals surface area contributed by atoms with Crippen molar-refractivity contribution in [1.82, 2.24) is 10.2 Å². The average molecular weight is 239 g/mol. The largest absolute Gasteiger partial charge is 0.351 e. The number of hydrogen-bond donors (Lipinski definition) is 2. The van der Waals surface area contributed by atoms with Crippen molar-refractivity contribution in [3.8, 4) is 0 Å². The molecule has 1 aliphatic carbocycles. The Balaban J connectivity index is 1.75. The first-order valence-corrected chi connectivity index (χ1v) is 6.97. The van der Waals surface area contributed by atoms with Gasteiger partial charge in [-0.2, -0.15) is 0 Å². The van der Waals surface area contributed by atoms with Gasteiger partial charge in [0.1, 0.15) is 0 Å². The van der Waals surface area contributed by atoms with E-state index in [1.54, 1.807) is 4.90 Å². The Bertz CT molecular complexity index is 261. The van der Waals surface area contributed by atoms with Crippen molar-refractivity contribution in [2.24, 2.45) is 11.7 Å². The highest BCUT2D eigenvalue weighted by Gasteiger charge is 2.26. The number of nitrogens with two attached hydrogens (primary N) is 1. The minimum absolute atomic E-state index is 0.269. The molecule has 1 saturated heterocycles. The van der Waals surface area contributed by atoms with Crippen LogP contribution >= 0.6 is 0 Å². The fourth-order valence-corrected chi connectivity index (χ4v) is 3.13. The molecule has 4 heteroatoms. The summed E-state index contributed by atoms with van der Waals surface area (Å²) < 4.78 is 0. The molecule has 2 rings (SSSR count). The van der Waals surface area contributed by atoms with Crippen molar-refractivity contribution in [2.75, 3.05) is 13.1 Å². The molecule has 2 fully saturated rings. The second kappa shape index (κ2) is 5.71. The van der Waals surface area contributed by atoms with E-state index in [1.165, 1.54) is 25.7 Å². The molecule has 3 N–H and O–H groups in total. The molecule has 0 spiro atoms. The minimum atomic E-state index is -0.269. The van der Waals surface area contributed by atoms with Crippen LogP contribution in [0.4, 0.5) is 4.79 Å². The van der Waals surface area contributed by atoms with E-state index in [4.69, 9.17) is 5.73 Å². The van der Waals surface area contributed by atoms with E-state index in [9.17, 15) is 4.79 Å². The summed E-state index contributed by atoms with van der Waals surface area (Å²) >= 11 is 0. The Labute approximate surface area is 104 Å². The molecule has 0 bridgehead atoms. The van der Waals surface area contributed by atoms with Crippen molar-refractivity contribution < 1.29 is 4.79 Å². The number of nitrogens with zero attached hydrogens (tertiary/aromatic N) is 1. The number of carbonyl (C=O) groups excluding carboxylic acids is 1. The zero-order valence-corrected chi connectivity index (χ0v) is 10.8. The van der Waals surface area contributed by atoms with E-state index in [0.29, 0.717) is 12.1 Å². The van der Waals surface area contributed by atoms with Crippen molar-refractivity contribution in [1.29, 1.82) is 0 Å². The first-order chi connectivity index (χ1) is 8.16. The normalized spacial score (nSPS) is 31.5. The predicted octanol–water partition coefficient (Wildman–Crippen LogP) is 1.70. The lowest BCUT2D eigenvalue weighted by Crippen LogP contribution is -2.50. The van der Waals surface area contributed by atoms with Crippen LogP contribution in [0.2, 0.25) is 0 Å². The molecule has 17 heavy (non-hydrogen) atoms. The molecule has 0 aromatic rings. The van der Waals surface area contributed by atoms with Crippen LogP contribution in [0.5, 0.6) is 0 Å². The van der Waals surface area contributed by atoms with E-state index in [0.717, 1.165) is 31.8 Å². The molecule has 2 unspecified atom stereocenters. The summed E-state index contributed by atoms with van der Waals surface area (Å²) in [7, 11) is 0. The van der Waals surface area contributed by atoms with E-state index < -0.39 is 0 Å². The fraction of sp³-hybridized carbons (Fsp3) is 0.923. The molecule has 2 atom stereocenters. The third-order valence-electron chi connectivity index (χ3n) is 4.37. The highest BCUT2D eigenvalue weighted by atomic mass is 16.2. The summed E-state index contributed by atoms with van der Waals surface area (Å²) in [6.07, 6.45) is 7.52. The number of likely N-dealkylation sites (tertiary alicyclic amines) is 1. The molecule has 0 aromatic carbocycles. The van der Waals surface area contributed by atoms with Gasteiger partial charge in [0.2, 0.25) is 0 Å². The van der Waals surface area contributed by atoms with Crippen molar-refractivity contribution in [3.05, 3.63) is 0 Å². The maximum absolute atomic E-state index is 11.0. The Morgan fingerprint density at radius 3 is 2.41 bits per heavy atom. The lowest BCUT2D eigenvalue weighted by Gasteiger charge is -2.37. The van der Waals surface area contributed by atoms with Crippen LogP contribution in [0, 0.1) is 5.92 Å². The summed E-state index contributed by atoms with van der Waals surface area (Å²) in [4.78, 5) is 12.8. The minimum Gasteiger partial charge on any atom is -0.351 e. The van der Waals surface area contributed by atoms with Gasteiger partial charge in [-0.05, 0) is 31.6 Å². The quantitative estimate of drug-likeness (QED) is 0.770. The van der Waals surface area contributed by atoms with Gasteiger partial charge < -0.3 is 16.0 Å². The van der Waals surface area contributed by atoms with E-state index >= 15 is 0 Å². The second-order valence-corrected chi connectivity index (χ2v) is 5.63. The second-order valence-electron chi connectivity index (χ2n) is 5.63. The molecule has 1 heterocycles. The number of primary amides is 1. The first kappa shape index (κ1) is 12.7. The third kappa shape index (κ3) is 3.35. The van der Waals surface area contributed by atoms with Gasteiger partial charge >= 0.3 is 6.03 Å². The van der Waals surface area contributed by atoms with Gasteiger partial charge in [-0.1, -0.05) is 19.8 Å². The Hall–Kier alpha value is -0.770. The van der Waals surface area contributed by atoms with E-state index in [2.05, 4.69) is 12.2 Å². The zero-order chi connectivity index (χ0) is 12.3. The summed E-state index contributed by atoms with van der Waals surface area (Å²) in [6, 6.07) is 1.000. The predicted molar refractivity (Wildman–Crippen MR) is 68.7 cm³/mol. The van der Waals surface area contributed by atoms with Crippen LogP contribution in [0.3, 0.4) is 0 Å². The van der Waals surface area contributed by atoms with E-state index in [1.807, 2.05) is 0 Å². The van der Waals surface area contributed by atoms with Gasteiger partial charge in [-0.3, -0.25) is 0 Å². The topological polar surface area (TPSA) is 58.4 Å². The number of amides is 2. The third-order valence-corrected chi connectivity index (χ3v) is 4.37. The zero-order valence-electron chi connectivity index (χ0n) is 10.8. The molecule has 2 amide bonds. The van der Waals surface area contributed by atoms with Crippen LogP contribution in [0.15, 0.2) is 0 Å². The van der Waals surface area contributed by atoms with Crippen LogP contribution in [-0.2, 0) is 0 Å². The van der Waals surface area contributed by atoms with Gasteiger partial charge in [0.25, 0.3) is 0 Å². The SMILES string of the molecule is CC1CCCCC1NC1CCN(C(N)=O)CC1. The molecule has 1 saturated carbocycles. The van der Waals surface area contributed by atoms with Gasteiger partial charge in [0.05, 0.1) is 0 Å². The van der Waals surface area contributed by atoms with Gasteiger partial charge in [0, 0.05) is 25.2 Å². The van der Waals surface area contributed by atoms with Gasteiger partial charge in [-0.15, -0.1) is 0 Å². The number of urea groups is 1. The molecule has 4 nitrogen and oxygen atoms in total. The van der Waals surface area contributed by atoms with Crippen LogP contribution in [0.1, 0.15) is 45.4 Å². The molecule has 1 aliphatic heterocycles.